The molecule has 24 heavy (non-hydrogen) atoms. The van der Waals surface area contributed by atoms with Gasteiger partial charge in [0.2, 0.25) is 0 Å². The summed E-state index contributed by atoms with van der Waals surface area (Å²) in [6, 6.07) is 0. The molecule has 0 aromatic carbocycles. The van der Waals surface area contributed by atoms with Crippen LogP contribution in [0.25, 0.3) is 0 Å². The molecule has 4 aliphatic carbocycles. The van der Waals surface area contributed by atoms with Crippen molar-refractivity contribution in [2.24, 2.45) is 23.2 Å². The third kappa shape index (κ3) is 2.12. The molecule has 2 heteroatoms. The van der Waals surface area contributed by atoms with E-state index in [-0.39, 0.29) is 11.5 Å². The van der Waals surface area contributed by atoms with Crippen LogP contribution in [0, 0.1) is 23.2 Å². The van der Waals surface area contributed by atoms with E-state index < -0.39 is 0 Å². The molecule has 0 heterocycles. The topological polar surface area (TPSA) is 29.5 Å². The summed E-state index contributed by atoms with van der Waals surface area (Å²) in [5.74, 6) is 2.84. The Morgan fingerprint density at radius 1 is 1.42 bits per heavy atom. The van der Waals surface area contributed by atoms with Crippen molar-refractivity contribution in [3.05, 3.63) is 47.3 Å². The standard InChI is InChI=1S/C22H30O2/c1-4-14-12-15-13-16(24-3)6-7-17(15)18-10-11-22(5-2)19(21(14)18)8-9-20(22)23/h4,6,8,14,18,20-21,23H,1,5,7,9-13H2,2-3H3/t14-,18-,20+,21-,22+/m1/s1. The minimum atomic E-state index is -0.175. The van der Waals surface area contributed by atoms with Gasteiger partial charge in [0, 0.05) is 11.8 Å². The maximum absolute atomic E-state index is 10.7. The zero-order valence-electron chi connectivity index (χ0n) is 15.1. The van der Waals surface area contributed by atoms with Gasteiger partial charge in [-0.25, -0.2) is 0 Å². The Morgan fingerprint density at radius 3 is 2.96 bits per heavy atom. The lowest BCUT2D eigenvalue weighted by atomic mass is 9.53. The van der Waals surface area contributed by atoms with Crippen LogP contribution in [0.5, 0.6) is 0 Å². The maximum atomic E-state index is 10.7. The normalized spacial score (nSPS) is 41.0. The largest absolute Gasteiger partial charge is 0.501 e. The van der Waals surface area contributed by atoms with Crippen molar-refractivity contribution in [1.29, 1.82) is 0 Å². The first-order valence-electron chi connectivity index (χ1n) is 9.59. The van der Waals surface area contributed by atoms with E-state index in [2.05, 4.69) is 31.7 Å². The predicted molar refractivity (Wildman–Crippen MR) is 97.3 cm³/mol. The SMILES string of the molecule is C=C[C@@H]1CC2=C(CC=C(OC)C2)[C@H]2CC[C@@]3(CC)C(=CC[C@@H]3O)[C@H]12. The Kier molecular flexibility index (Phi) is 3.99. The molecular formula is C22H30O2. The Labute approximate surface area is 146 Å². The zero-order chi connectivity index (χ0) is 16.9. The number of hydrogen-bond acceptors (Lipinski definition) is 2. The fourth-order valence-electron chi connectivity index (χ4n) is 6.16. The Hall–Kier alpha value is -1.28. The molecule has 4 rings (SSSR count). The van der Waals surface area contributed by atoms with E-state index in [0.29, 0.717) is 17.8 Å². The van der Waals surface area contributed by atoms with Crippen molar-refractivity contribution in [2.45, 2.75) is 58.0 Å². The maximum Gasteiger partial charge on any atom is 0.0959 e. The van der Waals surface area contributed by atoms with Crippen LogP contribution in [0.4, 0.5) is 0 Å². The summed E-state index contributed by atoms with van der Waals surface area (Å²) in [6.07, 6.45) is 14.1. The number of aliphatic hydroxyl groups is 1. The highest BCUT2D eigenvalue weighted by molar-refractivity contribution is 5.40. The first-order valence-corrected chi connectivity index (χ1v) is 9.59. The van der Waals surface area contributed by atoms with Crippen molar-refractivity contribution in [1.82, 2.24) is 0 Å². The van der Waals surface area contributed by atoms with Crippen molar-refractivity contribution in [3.8, 4) is 0 Å². The van der Waals surface area contributed by atoms with Gasteiger partial charge in [-0.15, -0.1) is 6.58 Å². The number of hydrogen-bond donors (Lipinski definition) is 1. The summed E-state index contributed by atoms with van der Waals surface area (Å²) in [5.41, 5.74) is 4.88. The van der Waals surface area contributed by atoms with Gasteiger partial charge in [-0.1, -0.05) is 35.8 Å². The first-order chi connectivity index (χ1) is 11.6. The van der Waals surface area contributed by atoms with Gasteiger partial charge in [-0.3, -0.25) is 0 Å². The molecule has 0 spiro atoms. The molecule has 0 saturated heterocycles. The van der Waals surface area contributed by atoms with Gasteiger partial charge in [0.15, 0.2) is 0 Å². The van der Waals surface area contributed by atoms with Crippen molar-refractivity contribution in [3.63, 3.8) is 0 Å². The van der Waals surface area contributed by atoms with E-state index >= 15 is 0 Å². The van der Waals surface area contributed by atoms with E-state index in [1.54, 1.807) is 23.8 Å². The van der Waals surface area contributed by atoms with Crippen LogP contribution in [-0.4, -0.2) is 18.3 Å². The summed E-state index contributed by atoms with van der Waals surface area (Å²) in [7, 11) is 1.79. The Balaban J connectivity index is 1.72. The summed E-state index contributed by atoms with van der Waals surface area (Å²) < 4.78 is 5.52. The third-order valence-electron chi connectivity index (χ3n) is 7.45. The summed E-state index contributed by atoms with van der Waals surface area (Å²) in [4.78, 5) is 0. The van der Waals surface area contributed by atoms with Crippen LogP contribution in [-0.2, 0) is 4.74 Å². The molecular weight excluding hydrogens is 296 g/mol. The number of allylic oxidation sites excluding steroid dienone is 4. The molecule has 0 unspecified atom stereocenters. The molecule has 1 N–H and O–H groups in total. The highest BCUT2D eigenvalue weighted by atomic mass is 16.5. The zero-order valence-corrected chi connectivity index (χ0v) is 15.1. The van der Waals surface area contributed by atoms with Crippen molar-refractivity contribution < 1.29 is 9.84 Å². The monoisotopic (exact) mass is 326 g/mol. The second-order valence-electron chi connectivity index (χ2n) is 8.08. The molecule has 0 aromatic rings. The lowest BCUT2D eigenvalue weighted by Gasteiger charge is -2.52. The molecule has 0 bridgehead atoms. The van der Waals surface area contributed by atoms with Gasteiger partial charge < -0.3 is 9.84 Å². The van der Waals surface area contributed by atoms with Crippen molar-refractivity contribution >= 4 is 0 Å². The fraction of sp³-hybridized carbons (Fsp3) is 0.636. The van der Waals surface area contributed by atoms with E-state index in [1.807, 2.05) is 0 Å². The Bertz CT molecular complexity index is 638. The molecule has 0 aromatic heterocycles. The van der Waals surface area contributed by atoms with Gasteiger partial charge in [-0.05, 0) is 62.4 Å². The predicted octanol–water partition coefficient (Wildman–Crippen LogP) is 4.93. The minimum Gasteiger partial charge on any atom is -0.501 e. The van der Waals surface area contributed by atoms with E-state index in [0.717, 1.165) is 44.3 Å². The van der Waals surface area contributed by atoms with Crippen molar-refractivity contribution in [2.75, 3.05) is 7.11 Å². The molecule has 0 radical (unpaired) electrons. The van der Waals surface area contributed by atoms with Gasteiger partial charge in [0.25, 0.3) is 0 Å². The van der Waals surface area contributed by atoms with E-state index in [1.165, 1.54) is 6.42 Å². The van der Waals surface area contributed by atoms with E-state index in [4.69, 9.17) is 4.74 Å². The fourth-order valence-corrected chi connectivity index (χ4v) is 6.16. The van der Waals surface area contributed by atoms with E-state index in [9.17, 15) is 5.11 Å². The molecule has 0 amide bonds. The minimum absolute atomic E-state index is 0.0443. The van der Waals surface area contributed by atoms with Crippen LogP contribution < -0.4 is 0 Å². The number of methoxy groups -OCH3 is 1. The highest BCUT2D eigenvalue weighted by Crippen LogP contribution is 2.61. The Morgan fingerprint density at radius 2 is 2.25 bits per heavy atom. The smallest absolute Gasteiger partial charge is 0.0959 e. The number of aliphatic hydroxyl groups excluding tert-OH is 1. The molecule has 1 saturated carbocycles. The molecule has 0 aliphatic heterocycles. The summed E-state index contributed by atoms with van der Waals surface area (Å²) in [6.45, 7) is 6.43. The van der Waals surface area contributed by atoms with Gasteiger partial charge in [-0.2, -0.15) is 0 Å². The van der Waals surface area contributed by atoms with Crippen LogP contribution in [0.2, 0.25) is 0 Å². The van der Waals surface area contributed by atoms with Gasteiger partial charge in [0.1, 0.15) is 0 Å². The van der Waals surface area contributed by atoms with Crippen LogP contribution in [0.15, 0.2) is 47.3 Å². The van der Waals surface area contributed by atoms with Crippen LogP contribution in [0.3, 0.4) is 0 Å². The molecule has 5 atom stereocenters. The lowest BCUT2D eigenvalue weighted by Crippen LogP contribution is -2.45. The average Bonchev–Trinajstić information content (AvgIpc) is 2.97. The second kappa shape index (κ2) is 5.91. The quantitative estimate of drug-likeness (QED) is 0.745. The number of ether oxygens (including phenoxy) is 1. The summed E-state index contributed by atoms with van der Waals surface area (Å²) in [5, 5.41) is 10.7. The number of rotatable bonds is 3. The average molecular weight is 326 g/mol. The summed E-state index contributed by atoms with van der Waals surface area (Å²) >= 11 is 0. The number of fused-ring (bicyclic) bond motifs is 4. The molecule has 1 fully saturated rings. The van der Waals surface area contributed by atoms with Gasteiger partial charge >= 0.3 is 0 Å². The molecule has 2 nitrogen and oxygen atoms in total. The lowest BCUT2D eigenvalue weighted by molar-refractivity contribution is 0.0213. The molecule has 4 aliphatic rings. The van der Waals surface area contributed by atoms with Gasteiger partial charge in [0.05, 0.1) is 19.0 Å². The molecule has 130 valence electrons. The third-order valence-corrected chi connectivity index (χ3v) is 7.45. The van der Waals surface area contributed by atoms with Crippen LogP contribution >= 0.6 is 0 Å². The van der Waals surface area contributed by atoms with Crippen LogP contribution in [0.1, 0.15) is 51.9 Å². The second-order valence-corrected chi connectivity index (χ2v) is 8.08. The first kappa shape index (κ1) is 16.2. The highest BCUT2D eigenvalue weighted by Gasteiger charge is 2.54.